The third-order valence-corrected chi connectivity index (χ3v) is 4.11. The fraction of sp³-hybridized carbons (Fsp3) is 0.316. The number of hydrogen-bond acceptors (Lipinski definition) is 2. The number of nitrogens with zero attached hydrogens (tertiary/aromatic N) is 1. The van der Waals surface area contributed by atoms with Crippen LogP contribution >= 0.6 is 0 Å². The zero-order chi connectivity index (χ0) is 16.2. The van der Waals surface area contributed by atoms with Gasteiger partial charge in [-0.1, -0.05) is 37.3 Å². The molecule has 1 saturated carbocycles. The predicted octanol–water partition coefficient (Wildman–Crippen LogP) is 4.72. The fourth-order valence-electron chi connectivity index (χ4n) is 2.68. The van der Waals surface area contributed by atoms with Crippen molar-refractivity contribution in [2.75, 3.05) is 6.54 Å². The predicted molar refractivity (Wildman–Crippen MR) is 89.1 cm³/mol. The molecule has 2 aromatic carbocycles. The van der Waals surface area contributed by atoms with E-state index in [4.69, 9.17) is 4.74 Å². The number of carbonyl (C=O) groups is 1. The molecular weight excluding hydrogens is 290 g/mol. The Morgan fingerprint density at radius 2 is 1.87 bits per heavy atom. The Kier molecular flexibility index (Phi) is 4.51. The Balaban J connectivity index is 1.69. The summed E-state index contributed by atoms with van der Waals surface area (Å²) in [6.45, 7) is 2.58. The highest BCUT2D eigenvalue weighted by Crippen LogP contribution is 2.31. The van der Waals surface area contributed by atoms with Gasteiger partial charge in [0.1, 0.15) is 11.5 Å². The maximum Gasteiger partial charge on any atom is 0.407 e. The van der Waals surface area contributed by atoms with Crippen molar-refractivity contribution in [1.82, 2.24) is 4.90 Å². The smallest absolute Gasteiger partial charge is 0.407 e. The lowest BCUT2D eigenvalue weighted by atomic mass is 10.0. The van der Waals surface area contributed by atoms with Crippen molar-refractivity contribution in [3.05, 3.63) is 60.2 Å². The van der Waals surface area contributed by atoms with Gasteiger partial charge in [0.2, 0.25) is 0 Å². The Morgan fingerprint density at radius 3 is 2.52 bits per heavy atom. The monoisotopic (exact) mass is 311 g/mol. The van der Waals surface area contributed by atoms with Crippen LogP contribution in [-0.4, -0.2) is 28.7 Å². The van der Waals surface area contributed by atoms with Crippen LogP contribution < -0.4 is 4.74 Å². The largest absolute Gasteiger partial charge is 0.465 e. The number of rotatable bonds is 6. The summed E-state index contributed by atoms with van der Waals surface area (Å²) in [6.07, 6.45) is 1.14. The second-order valence-corrected chi connectivity index (χ2v) is 6.05. The number of ether oxygens (including phenoxy) is 1. The molecule has 1 amide bonds. The molecule has 1 fully saturated rings. The Bertz CT molecular complexity index is 667. The van der Waals surface area contributed by atoms with E-state index in [0.717, 1.165) is 29.9 Å². The molecule has 0 spiro atoms. The van der Waals surface area contributed by atoms with E-state index in [1.807, 2.05) is 54.6 Å². The zero-order valence-electron chi connectivity index (χ0n) is 13.2. The standard InChI is InChI=1S/C19H21NO3/c1-14(13-20(19(21)22)16-10-11-16)15-6-5-9-18(12-15)23-17-7-3-2-4-8-17/h2-9,12,14,16H,10-11,13H2,1H3,(H,21,22). The van der Waals surface area contributed by atoms with Gasteiger partial charge >= 0.3 is 6.09 Å². The first-order valence-corrected chi connectivity index (χ1v) is 7.96. The van der Waals surface area contributed by atoms with Crippen molar-refractivity contribution in [1.29, 1.82) is 0 Å². The Morgan fingerprint density at radius 1 is 1.17 bits per heavy atom. The van der Waals surface area contributed by atoms with Crippen molar-refractivity contribution in [3.8, 4) is 11.5 Å². The number of para-hydroxylation sites is 1. The zero-order valence-corrected chi connectivity index (χ0v) is 13.2. The molecule has 3 rings (SSSR count). The molecule has 23 heavy (non-hydrogen) atoms. The van der Waals surface area contributed by atoms with Crippen molar-refractivity contribution in [2.45, 2.75) is 31.7 Å². The molecule has 1 unspecified atom stereocenters. The molecule has 1 N–H and O–H groups in total. The number of carboxylic acid groups (broad SMARTS) is 1. The third-order valence-electron chi connectivity index (χ3n) is 4.11. The van der Waals surface area contributed by atoms with E-state index in [1.54, 1.807) is 4.90 Å². The second-order valence-electron chi connectivity index (χ2n) is 6.05. The molecule has 0 heterocycles. The van der Waals surface area contributed by atoms with E-state index < -0.39 is 6.09 Å². The van der Waals surface area contributed by atoms with Gasteiger partial charge in [-0.25, -0.2) is 4.79 Å². The molecule has 0 bridgehead atoms. The Labute approximate surface area is 136 Å². The SMILES string of the molecule is CC(CN(C(=O)O)C1CC1)c1cccc(Oc2ccccc2)c1. The van der Waals surface area contributed by atoms with E-state index >= 15 is 0 Å². The average Bonchev–Trinajstić information content (AvgIpc) is 3.38. The summed E-state index contributed by atoms with van der Waals surface area (Å²) in [6, 6.07) is 17.7. The highest BCUT2D eigenvalue weighted by Gasteiger charge is 2.33. The molecule has 4 nitrogen and oxygen atoms in total. The topological polar surface area (TPSA) is 49.8 Å². The van der Waals surface area contributed by atoms with Crippen molar-refractivity contribution in [2.24, 2.45) is 0 Å². The second kappa shape index (κ2) is 6.73. The summed E-state index contributed by atoms with van der Waals surface area (Å²) < 4.78 is 5.85. The molecule has 1 aliphatic rings. The summed E-state index contributed by atoms with van der Waals surface area (Å²) in [7, 11) is 0. The van der Waals surface area contributed by atoms with Crippen LogP contribution in [0.1, 0.15) is 31.2 Å². The highest BCUT2D eigenvalue weighted by molar-refractivity contribution is 5.66. The number of amides is 1. The fourth-order valence-corrected chi connectivity index (χ4v) is 2.68. The van der Waals surface area contributed by atoms with Crippen LogP contribution in [0, 0.1) is 0 Å². The lowest BCUT2D eigenvalue weighted by Crippen LogP contribution is -2.34. The summed E-state index contributed by atoms with van der Waals surface area (Å²) in [5, 5.41) is 9.33. The highest BCUT2D eigenvalue weighted by atomic mass is 16.5. The van der Waals surface area contributed by atoms with Crippen LogP contribution in [0.4, 0.5) is 4.79 Å². The summed E-state index contributed by atoms with van der Waals surface area (Å²) in [5.74, 6) is 1.70. The Hall–Kier alpha value is -2.49. The van der Waals surface area contributed by atoms with Gasteiger partial charge in [-0.2, -0.15) is 0 Å². The first-order chi connectivity index (χ1) is 11.1. The molecule has 2 aromatic rings. The molecule has 0 saturated heterocycles. The number of benzene rings is 2. The number of hydrogen-bond donors (Lipinski definition) is 1. The maximum absolute atomic E-state index is 11.4. The van der Waals surface area contributed by atoms with E-state index in [-0.39, 0.29) is 12.0 Å². The van der Waals surface area contributed by atoms with E-state index in [2.05, 4.69) is 6.92 Å². The van der Waals surface area contributed by atoms with Gasteiger partial charge < -0.3 is 14.7 Å². The normalized spacial score (nSPS) is 15.0. The van der Waals surface area contributed by atoms with Gasteiger partial charge in [-0.05, 0) is 48.6 Å². The van der Waals surface area contributed by atoms with E-state index in [1.165, 1.54) is 0 Å². The first-order valence-electron chi connectivity index (χ1n) is 7.96. The summed E-state index contributed by atoms with van der Waals surface area (Å²) >= 11 is 0. The molecule has 120 valence electrons. The van der Waals surface area contributed by atoms with Crippen molar-refractivity contribution >= 4 is 6.09 Å². The minimum Gasteiger partial charge on any atom is -0.465 e. The summed E-state index contributed by atoms with van der Waals surface area (Å²) in [5.41, 5.74) is 1.09. The van der Waals surface area contributed by atoms with Crippen LogP contribution in [0.2, 0.25) is 0 Å². The lowest BCUT2D eigenvalue weighted by molar-refractivity contribution is 0.139. The molecule has 0 radical (unpaired) electrons. The van der Waals surface area contributed by atoms with Gasteiger partial charge in [0.05, 0.1) is 0 Å². The quantitative estimate of drug-likeness (QED) is 0.839. The lowest BCUT2D eigenvalue weighted by Gasteiger charge is -2.23. The average molecular weight is 311 g/mol. The van der Waals surface area contributed by atoms with Gasteiger partial charge in [0.25, 0.3) is 0 Å². The first kappa shape index (κ1) is 15.4. The van der Waals surface area contributed by atoms with Crippen molar-refractivity contribution < 1.29 is 14.6 Å². The van der Waals surface area contributed by atoms with Crippen LogP contribution in [0.3, 0.4) is 0 Å². The van der Waals surface area contributed by atoms with Crippen LogP contribution in [0.25, 0.3) is 0 Å². The van der Waals surface area contributed by atoms with Crippen LogP contribution in [0.15, 0.2) is 54.6 Å². The van der Waals surface area contributed by atoms with E-state index in [9.17, 15) is 9.90 Å². The minimum absolute atomic E-state index is 0.131. The summed E-state index contributed by atoms with van der Waals surface area (Å²) in [4.78, 5) is 12.9. The van der Waals surface area contributed by atoms with Gasteiger partial charge in [0, 0.05) is 12.6 Å². The maximum atomic E-state index is 11.4. The third kappa shape index (κ3) is 4.03. The van der Waals surface area contributed by atoms with Gasteiger partial charge in [0.15, 0.2) is 0 Å². The minimum atomic E-state index is -0.823. The molecule has 0 aromatic heterocycles. The van der Waals surface area contributed by atoms with Crippen LogP contribution in [0.5, 0.6) is 11.5 Å². The molecule has 0 aliphatic heterocycles. The molecule has 1 atom stereocenters. The molecule has 1 aliphatic carbocycles. The van der Waals surface area contributed by atoms with Gasteiger partial charge in [-0.3, -0.25) is 0 Å². The van der Waals surface area contributed by atoms with Crippen molar-refractivity contribution in [3.63, 3.8) is 0 Å². The van der Waals surface area contributed by atoms with Crippen LogP contribution in [-0.2, 0) is 0 Å². The van der Waals surface area contributed by atoms with Gasteiger partial charge in [-0.15, -0.1) is 0 Å². The molecular formula is C19H21NO3. The molecule has 4 heteroatoms. The van der Waals surface area contributed by atoms with E-state index in [0.29, 0.717) is 6.54 Å².